The van der Waals surface area contributed by atoms with Crippen LogP contribution in [0.2, 0.25) is 5.02 Å². The van der Waals surface area contributed by atoms with Crippen molar-refractivity contribution in [2.75, 3.05) is 0 Å². The third-order valence-electron chi connectivity index (χ3n) is 2.89. The maximum atomic E-state index is 13.2. The van der Waals surface area contributed by atoms with Gasteiger partial charge in [0, 0.05) is 0 Å². The van der Waals surface area contributed by atoms with Gasteiger partial charge >= 0.3 is 0 Å². The van der Waals surface area contributed by atoms with Crippen molar-refractivity contribution in [1.82, 2.24) is 0 Å². The van der Waals surface area contributed by atoms with E-state index < -0.39 is 11.4 Å². The molecule has 1 nitrogen and oxygen atoms in total. The van der Waals surface area contributed by atoms with E-state index in [9.17, 15) is 9.50 Å². The van der Waals surface area contributed by atoms with Gasteiger partial charge < -0.3 is 5.11 Å². The molecule has 1 aromatic rings. The van der Waals surface area contributed by atoms with Gasteiger partial charge in [-0.3, -0.25) is 0 Å². The zero-order chi connectivity index (χ0) is 10.2. The molecule has 76 valence electrons. The third-order valence-corrected chi connectivity index (χ3v) is 3.19. The van der Waals surface area contributed by atoms with Gasteiger partial charge in [0.05, 0.1) is 10.6 Å². The van der Waals surface area contributed by atoms with Crippen molar-refractivity contribution in [3.05, 3.63) is 34.6 Å². The first-order valence-electron chi connectivity index (χ1n) is 4.80. The van der Waals surface area contributed by atoms with Crippen LogP contribution in [0.3, 0.4) is 0 Å². The second-order valence-corrected chi connectivity index (χ2v) is 4.27. The Kier molecular flexibility index (Phi) is 2.50. The maximum absolute atomic E-state index is 13.2. The highest BCUT2D eigenvalue weighted by molar-refractivity contribution is 6.30. The van der Waals surface area contributed by atoms with Gasteiger partial charge in [0.2, 0.25) is 0 Å². The van der Waals surface area contributed by atoms with Crippen LogP contribution in [0.15, 0.2) is 18.2 Å². The number of hydrogen-bond donors (Lipinski definition) is 1. The minimum Gasteiger partial charge on any atom is -0.385 e. The zero-order valence-electron chi connectivity index (χ0n) is 7.76. The van der Waals surface area contributed by atoms with Gasteiger partial charge in [-0.25, -0.2) is 4.39 Å². The fourth-order valence-corrected chi connectivity index (χ4v) is 2.15. The minimum absolute atomic E-state index is 0.107. The van der Waals surface area contributed by atoms with Crippen LogP contribution in [0.4, 0.5) is 4.39 Å². The van der Waals surface area contributed by atoms with Gasteiger partial charge in [-0.2, -0.15) is 0 Å². The number of benzene rings is 1. The molecule has 0 unspecified atom stereocenters. The number of hydrogen-bond acceptors (Lipinski definition) is 1. The third kappa shape index (κ3) is 1.64. The summed E-state index contributed by atoms with van der Waals surface area (Å²) in [4.78, 5) is 0. The van der Waals surface area contributed by atoms with Gasteiger partial charge in [0.1, 0.15) is 5.82 Å². The first kappa shape index (κ1) is 9.94. The van der Waals surface area contributed by atoms with Crippen molar-refractivity contribution in [3.8, 4) is 0 Å². The van der Waals surface area contributed by atoms with Crippen molar-refractivity contribution >= 4 is 11.6 Å². The Labute approximate surface area is 87.5 Å². The van der Waals surface area contributed by atoms with Gasteiger partial charge in [0.15, 0.2) is 0 Å². The largest absolute Gasteiger partial charge is 0.385 e. The van der Waals surface area contributed by atoms with E-state index in [0.29, 0.717) is 18.4 Å². The summed E-state index contributed by atoms with van der Waals surface area (Å²) in [6.45, 7) is 0. The van der Waals surface area contributed by atoms with Gasteiger partial charge in [-0.15, -0.1) is 0 Å². The Morgan fingerprint density at radius 1 is 1.29 bits per heavy atom. The summed E-state index contributed by atoms with van der Waals surface area (Å²) in [5.41, 5.74) is -0.178. The molecular weight excluding hydrogens is 203 g/mol. The summed E-state index contributed by atoms with van der Waals surface area (Å²) >= 11 is 5.58. The van der Waals surface area contributed by atoms with Crippen molar-refractivity contribution in [2.24, 2.45) is 0 Å². The number of halogens is 2. The van der Waals surface area contributed by atoms with E-state index in [0.717, 1.165) is 12.8 Å². The number of aliphatic hydroxyl groups is 1. The molecule has 0 amide bonds. The minimum atomic E-state index is -0.828. The molecule has 0 saturated heterocycles. The highest BCUT2D eigenvalue weighted by Gasteiger charge is 2.33. The van der Waals surface area contributed by atoms with E-state index in [4.69, 9.17) is 11.6 Å². The Hall–Kier alpha value is -0.600. The van der Waals surface area contributed by atoms with Crippen molar-refractivity contribution < 1.29 is 9.50 Å². The molecule has 0 radical (unpaired) electrons. The molecule has 1 N–H and O–H groups in total. The molecule has 0 atom stereocenters. The van der Waals surface area contributed by atoms with E-state index in [2.05, 4.69) is 0 Å². The molecule has 0 aliphatic heterocycles. The van der Waals surface area contributed by atoms with Crippen LogP contribution in [-0.4, -0.2) is 5.11 Å². The van der Waals surface area contributed by atoms with Gasteiger partial charge in [-0.1, -0.05) is 30.5 Å². The molecule has 14 heavy (non-hydrogen) atoms. The van der Waals surface area contributed by atoms with Crippen LogP contribution >= 0.6 is 11.6 Å². The SMILES string of the molecule is OC1(c2ccc(Cl)c(F)c2)CCCC1. The van der Waals surface area contributed by atoms with Crippen molar-refractivity contribution in [1.29, 1.82) is 0 Å². The van der Waals surface area contributed by atoms with E-state index in [1.54, 1.807) is 6.07 Å². The van der Waals surface area contributed by atoms with Crippen LogP contribution in [0.1, 0.15) is 31.2 Å². The summed E-state index contributed by atoms with van der Waals surface area (Å²) in [5.74, 6) is -0.454. The maximum Gasteiger partial charge on any atom is 0.142 e. The highest BCUT2D eigenvalue weighted by Crippen LogP contribution is 2.39. The monoisotopic (exact) mass is 214 g/mol. The normalized spacial score (nSPS) is 19.9. The topological polar surface area (TPSA) is 20.2 Å². The Bertz CT molecular complexity index is 345. The molecule has 1 aliphatic rings. The fraction of sp³-hybridized carbons (Fsp3) is 0.455. The van der Waals surface area contributed by atoms with E-state index in [1.807, 2.05) is 0 Å². The lowest BCUT2D eigenvalue weighted by Gasteiger charge is -2.22. The lowest BCUT2D eigenvalue weighted by molar-refractivity contribution is 0.0441. The summed E-state index contributed by atoms with van der Waals surface area (Å²) in [6.07, 6.45) is 3.43. The van der Waals surface area contributed by atoms with Gasteiger partial charge in [0.25, 0.3) is 0 Å². The van der Waals surface area contributed by atoms with Crippen LogP contribution < -0.4 is 0 Å². The molecule has 1 aliphatic carbocycles. The van der Waals surface area contributed by atoms with E-state index in [1.165, 1.54) is 12.1 Å². The van der Waals surface area contributed by atoms with Crippen LogP contribution in [-0.2, 0) is 5.60 Å². The Morgan fingerprint density at radius 3 is 2.50 bits per heavy atom. The molecule has 3 heteroatoms. The van der Waals surface area contributed by atoms with E-state index >= 15 is 0 Å². The van der Waals surface area contributed by atoms with Crippen LogP contribution in [0.5, 0.6) is 0 Å². The standard InChI is InChI=1S/C11H12ClFO/c12-9-4-3-8(7-10(9)13)11(14)5-1-2-6-11/h3-4,7,14H,1-2,5-6H2. The zero-order valence-corrected chi connectivity index (χ0v) is 8.52. The Morgan fingerprint density at radius 2 is 1.93 bits per heavy atom. The molecule has 1 aromatic carbocycles. The second-order valence-electron chi connectivity index (χ2n) is 3.87. The summed E-state index contributed by atoms with van der Waals surface area (Å²) in [5, 5.41) is 10.3. The van der Waals surface area contributed by atoms with Gasteiger partial charge in [-0.05, 0) is 30.5 Å². The Balaban J connectivity index is 2.36. The summed E-state index contributed by atoms with van der Waals surface area (Å²) in [6, 6.07) is 4.55. The molecule has 0 aromatic heterocycles. The molecule has 0 bridgehead atoms. The first-order chi connectivity index (χ1) is 6.62. The first-order valence-corrected chi connectivity index (χ1v) is 5.17. The smallest absolute Gasteiger partial charge is 0.142 e. The van der Waals surface area contributed by atoms with E-state index in [-0.39, 0.29) is 5.02 Å². The second kappa shape index (κ2) is 3.52. The molecule has 0 spiro atoms. The molecule has 1 saturated carbocycles. The average Bonchev–Trinajstić information content (AvgIpc) is 2.58. The van der Waals surface area contributed by atoms with Crippen LogP contribution in [0, 0.1) is 5.82 Å². The molecule has 1 fully saturated rings. The average molecular weight is 215 g/mol. The quantitative estimate of drug-likeness (QED) is 0.761. The molecule has 0 heterocycles. The number of rotatable bonds is 1. The molecular formula is C11H12ClFO. The van der Waals surface area contributed by atoms with Crippen LogP contribution in [0.25, 0.3) is 0 Å². The van der Waals surface area contributed by atoms with Crippen molar-refractivity contribution in [3.63, 3.8) is 0 Å². The summed E-state index contributed by atoms with van der Waals surface area (Å²) in [7, 11) is 0. The lowest BCUT2D eigenvalue weighted by atomic mass is 9.92. The van der Waals surface area contributed by atoms with Crippen molar-refractivity contribution in [2.45, 2.75) is 31.3 Å². The highest BCUT2D eigenvalue weighted by atomic mass is 35.5. The lowest BCUT2D eigenvalue weighted by Crippen LogP contribution is -2.20. The summed E-state index contributed by atoms with van der Waals surface area (Å²) < 4.78 is 13.2. The predicted molar refractivity (Wildman–Crippen MR) is 53.8 cm³/mol. The predicted octanol–water partition coefficient (Wildman–Crippen LogP) is 3.24. The molecule has 2 rings (SSSR count). The fourth-order valence-electron chi connectivity index (χ4n) is 2.03.